The number of imide groups is 1. The number of carbonyl (C=O) groups is 2. The number of carbonyl (C=O) groups excluding carboxylic acids is 2. The molecule has 4 unspecified atom stereocenters. The number of fused-ring (bicyclic) bond motifs is 1. The Labute approximate surface area is 118 Å². The predicted molar refractivity (Wildman–Crippen MR) is 83.6 cm³/mol. The number of nitrogens with zero attached hydrogens (tertiary/aromatic N) is 4. The summed E-state index contributed by atoms with van der Waals surface area (Å²) in [4.78, 5) is 25.6. The Kier molecular flexibility index (Phi) is 5.20. The van der Waals surface area contributed by atoms with Crippen molar-refractivity contribution >= 4 is 45.2 Å². The zero-order valence-electron chi connectivity index (χ0n) is 10.3. The van der Waals surface area contributed by atoms with Gasteiger partial charge >= 0.3 is 6.03 Å². The quantitative estimate of drug-likeness (QED) is 0.850. The lowest BCUT2D eigenvalue weighted by Crippen LogP contribution is -2.42. The van der Waals surface area contributed by atoms with Crippen molar-refractivity contribution in [1.29, 1.82) is 0 Å². The summed E-state index contributed by atoms with van der Waals surface area (Å²) >= 11 is 0. The third kappa shape index (κ3) is 2.95. The van der Waals surface area contributed by atoms with Gasteiger partial charge in [0.25, 0.3) is 5.91 Å². The molecule has 0 aliphatic carbocycles. The van der Waals surface area contributed by atoms with E-state index in [1.54, 1.807) is 4.45 Å². The van der Waals surface area contributed by atoms with Crippen molar-refractivity contribution in [3.63, 3.8) is 0 Å². The molecule has 3 amide bonds. The van der Waals surface area contributed by atoms with Crippen molar-refractivity contribution in [2.45, 2.75) is 19.9 Å². The average Bonchev–Trinajstić information content (AvgIpc) is 2.79. The molecular weight excluding hydrogens is 322 g/mol. The minimum absolute atomic E-state index is 0.244. The van der Waals surface area contributed by atoms with E-state index in [9.17, 15) is 9.59 Å². The third-order valence-corrected chi connectivity index (χ3v) is 12.0. The van der Waals surface area contributed by atoms with Crippen LogP contribution in [-0.4, -0.2) is 38.1 Å². The smallest absolute Gasteiger partial charge is 0.324 e. The molecule has 1 aromatic rings. The molecule has 4 atom stereocenters. The zero-order valence-corrected chi connectivity index (χ0v) is 14.5. The Hall–Kier alpha value is -0.200. The Morgan fingerprint density at radius 3 is 2.89 bits per heavy atom. The van der Waals surface area contributed by atoms with E-state index in [4.69, 9.17) is 0 Å². The highest BCUT2D eigenvalue weighted by molar-refractivity contribution is 8.60. The molecule has 11 heteroatoms. The monoisotopic (exact) mass is 337 g/mol. The van der Waals surface area contributed by atoms with E-state index in [-0.39, 0.29) is 18.5 Å². The molecule has 7 nitrogen and oxygen atoms in total. The molecule has 0 radical (unpaired) electrons. The first-order valence-corrected chi connectivity index (χ1v) is 12.2. The van der Waals surface area contributed by atoms with Crippen molar-refractivity contribution in [3.8, 4) is 0 Å². The van der Waals surface area contributed by atoms with Gasteiger partial charge < -0.3 is 5.32 Å². The summed E-state index contributed by atoms with van der Waals surface area (Å²) in [5.74, 6) is -0.310. The SMILES string of the molecule is CCCN1C(=O)NCc2nnn(P(P)PP)c2C1=O. The van der Waals surface area contributed by atoms with Gasteiger partial charge in [0.2, 0.25) is 0 Å². The number of aromatic nitrogens is 3. The fraction of sp³-hybridized carbons (Fsp3) is 0.500. The molecule has 104 valence electrons. The van der Waals surface area contributed by atoms with Crippen LogP contribution in [0.5, 0.6) is 0 Å². The van der Waals surface area contributed by atoms with Crippen LogP contribution in [0, 0.1) is 0 Å². The molecule has 0 fully saturated rings. The van der Waals surface area contributed by atoms with Gasteiger partial charge in [0.05, 0.1) is 14.0 Å². The van der Waals surface area contributed by atoms with Crippen LogP contribution >= 0.6 is 33.3 Å². The lowest BCUT2D eigenvalue weighted by molar-refractivity contribution is 0.0798. The number of hydrogen-bond acceptors (Lipinski definition) is 4. The van der Waals surface area contributed by atoms with E-state index in [1.165, 1.54) is 4.90 Å². The number of hydrogen-bond donors (Lipinski definition) is 1. The van der Waals surface area contributed by atoms with Crippen LogP contribution in [0.25, 0.3) is 0 Å². The van der Waals surface area contributed by atoms with Crippen molar-refractivity contribution in [1.82, 2.24) is 25.0 Å². The number of nitrogens with one attached hydrogen (secondary N) is 1. The second-order valence-corrected chi connectivity index (χ2v) is 12.7. The van der Waals surface area contributed by atoms with Gasteiger partial charge in [0.1, 0.15) is 5.69 Å². The number of rotatable bonds is 4. The fourth-order valence-corrected chi connectivity index (χ4v) is 4.61. The summed E-state index contributed by atoms with van der Waals surface area (Å²) in [5.41, 5.74) is 0.970. The van der Waals surface area contributed by atoms with Gasteiger partial charge in [-0.15, -0.1) is 14.0 Å². The minimum atomic E-state index is -0.668. The molecule has 1 aliphatic heterocycles. The van der Waals surface area contributed by atoms with E-state index < -0.39 is 7.45 Å². The third-order valence-electron chi connectivity index (χ3n) is 2.61. The summed E-state index contributed by atoms with van der Waals surface area (Å²) < 4.78 is 1.64. The van der Waals surface area contributed by atoms with Crippen LogP contribution in [0.15, 0.2) is 0 Å². The second kappa shape index (κ2) is 6.50. The topological polar surface area (TPSA) is 80.1 Å². The maximum Gasteiger partial charge on any atom is 0.324 e. The molecule has 1 aliphatic rings. The van der Waals surface area contributed by atoms with Gasteiger partial charge in [-0.1, -0.05) is 21.1 Å². The molecule has 1 aromatic heterocycles. The van der Waals surface area contributed by atoms with Crippen LogP contribution < -0.4 is 5.32 Å². The Balaban J connectivity index is 2.43. The molecule has 0 spiro atoms. The van der Waals surface area contributed by atoms with Gasteiger partial charge in [-0.2, -0.15) is 0 Å². The Bertz CT molecular complexity index is 507. The van der Waals surface area contributed by atoms with Gasteiger partial charge in [-0.05, 0) is 14.4 Å². The Morgan fingerprint density at radius 1 is 1.53 bits per heavy atom. The highest BCUT2D eigenvalue weighted by Gasteiger charge is 2.33. The molecule has 0 aromatic carbocycles. The highest BCUT2D eigenvalue weighted by Crippen LogP contribution is 2.66. The zero-order chi connectivity index (χ0) is 14.0. The van der Waals surface area contributed by atoms with E-state index in [0.717, 1.165) is 6.42 Å². The van der Waals surface area contributed by atoms with Crippen LogP contribution in [0.4, 0.5) is 4.79 Å². The summed E-state index contributed by atoms with van der Waals surface area (Å²) in [6.45, 7) is 2.57. The normalized spacial score (nSPS) is 17.5. The van der Waals surface area contributed by atoms with E-state index in [1.807, 2.05) is 6.92 Å². The Morgan fingerprint density at radius 2 is 2.26 bits per heavy atom. The highest BCUT2D eigenvalue weighted by atomic mass is 32.6. The molecule has 19 heavy (non-hydrogen) atoms. The first kappa shape index (κ1) is 15.2. The largest absolute Gasteiger partial charge is 0.332 e. The average molecular weight is 337 g/mol. The van der Waals surface area contributed by atoms with Crippen LogP contribution in [0.3, 0.4) is 0 Å². The summed E-state index contributed by atoms with van der Waals surface area (Å²) in [7, 11) is 5.23. The summed E-state index contributed by atoms with van der Waals surface area (Å²) in [6, 6.07) is -0.363. The van der Waals surface area contributed by atoms with Crippen molar-refractivity contribution in [2.75, 3.05) is 6.54 Å². The lowest BCUT2D eigenvalue weighted by atomic mass is 10.3. The van der Waals surface area contributed by atoms with Crippen molar-refractivity contribution < 1.29 is 9.59 Å². The van der Waals surface area contributed by atoms with Crippen LogP contribution in [-0.2, 0) is 6.54 Å². The second-order valence-electron chi connectivity index (χ2n) is 3.86. The number of urea groups is 1. The summed E-state index contributed by atoms with van der Waals surface area (Å²) in [5, 5.41) is 10.7. The maximum atomic E-state index is 12.5. The lowest BCUT2D eigenvalue weighted by Gasteiger charge is -2.19. The standard InChI is InChI=1S/C8H15N5O2P4/c1-2-3-12-7(14)6-5(4-9-8(12)15)10-11-13(6)19(17)18-16/h18H,2-4,16-17H2,1H3,(H,9,15). The predicted octanol–water partition coefficient (Wildman–Crippen LogP) is 1.77. The minimum Gasteiger partial charge on any atom is -0.332 e. The van der Waals surface area contributed by atoms with E-state index >= 15 is 0 Å². The van der Waals surface area contributed by atoms with Crippen LogP contribution in [0.1, 0.15) is 29.5 Å². The van der Waals surface area contributed by atoms with Gasteiger partial charge in [-0.25, -0.2) is 9.25 Å². The first-order valence-electron chi connectivity index (χ1n) is 5.65. The van der Waals surface area contributed by atoms with E-state index in [0.29, 0.717) is 25.9 Å². The van der Waals surface area contributed by atoms with Crippen LogP contribution in [0.2, 0.25) is 0 Å². The van der Waals surface area contributed by atoms with Gasteiger partial charge in [0.15, 0.2) is 5.69 Å². The summed E-state index contributed by atoms with van der Waals surface area (Å²) in [6.07, 6.45) is 0.719. The molecule has 0 saturated heterocycles. The molecule has 2 heterocycles. The molecule has 2 rings (SSSR count). The van der Waals surface area contributed by atoms with Gasteiger partial charge in [-0.3, -0.25) is 9.69 Å². The van der Waals surface area contributed by atoms with Crippen molar-refractivity contribution in [2.24, 2.45) is 0 Å². The van der Waals surface area contributed by atoms with Gasteiger partial charge in [0, 0.05) is 6.54 Å². The fourth-order valence-electron chi connectivity index (χ4n) is 1.74. The van der Waals surface area contributed by atoms with Crippen molar-refractivity contribution in [3.05, 3.63) is 11.4 Å². The van der Waals surface area contributed by atoms with E-state index in [2.05, 4.69) is 33.5 Å². The number of amides is 3. The maximum absolute atomic E-state index is 12.5. The first-order chi connectivity index (χ1) is 9.10. The molecule has 0 saturated carbocycles. The molecule has 0 bridgehead atoms. The molecular formula is C8H15N5O2P4. The molecule has 1 N–H and O–H groups in total.